The number of carbonyl (C=O) groups excluding carboxylic acids is 1. The molecule has 0 unspecified atom stereocenters. The summed E-state index contributed by atoms with van der Waals surface area (Å²) < 4.78 is 12.0. The Kier molecular flexibility index (Phi) is 6.86. The quantitative estimate of drug-likeness (QED) is 0.495. The summed E-state index contributed by atoms with van der Waals surface area (Å²) in [5.74, 6) is -0.982. The Morgan fingerprint density at radius 2 is 1.97 bits per heavy atom. The van der Waals surface area contributed by atoms with Crippen LogP contribution in [0, 0.1) is 5.92 Å². The predicted molar refractivity (Wildman–Crippen MR) is 130 cm³/mol. The molecule has 1 aromatic heterocycles. The third kappa shape index (κ3) is 4.76. The Morgan fingerprint density at radius 1 is 1.24 bits per heavy atom. The largest absolute Gasteiger partial charge is 0.507 e. The van der Waals surface area contributed by atoms with Crippen molar-refractivity contribution in [3.63, 3.8) is 0 Å². The van der Waals surface area contributed by atoms with Crippen molar-refractivity contribution in [2.75, 3.05) is 20.1 Å². The fourth-order valence-corrected chi connectivity index (χ4v) is 4.77. The Bertz CT molecular complexity index is 1280. The highest BCUT2D eigenvalue weighted by Gasteiger charge is 2.36. The first-order valence-corrected chi connectivity index (χ1v) is 11.7. The Balaban J connectivity index is 1.89. The first-order chi connectivity index (χ1) is 16.2. The number of ether oxygens (including phenoxy) is 1. The number of likely N-dealkylation sites (tertiary alicyclic amines) is 1. The lowest BCUT2D eigenvalue weighted by atomic mass is 9.85. The lowest BCUT2D eigenvalue weighted by Crippen LogP contribution is -2.43. The van der Waals surface area contributed by atoms with Gasteiger partial charge in [0.15, 0.2) is 5.43 Å². The molecule has 1 saturated heterocycles. The monoisotopic (exact) mass is 485 g/mol. The van der Waals surface area contributed by atoms with Crippen LogP contribution in [0.25, 0.3) is 22.3 Å². The minimum absolute atomic E-state index is 0.0326. The van der Waals surface area contributed by atoms with Gasteiger partial charge in [0.1, 0.15) is 34.3 Å². The molecule has 0 amide bonds. The van der Waals surface area contributed by atoms with Crippen LogP contribution in [0.4, 0.5) is 0 Å². The van der Waals surface area contributed by atoms with E-state index in [0.717, 1.165) is 6.07 Å². The molecule has 0 saturated carbocycles. The molecule has 34 heavy (non-hydrogen) atoms. The minimum Gasteiger partial charge on any atom is -0.507 e. The maximum Gasteiger partial charge on any atom is 0.306 e. The van der Waals surface area contributed by atoms with Gasteiger partial charge in [-0.25, -0.2) is 0 Å². The van der Waals surface area contributed by atoms with E-state index in [-0.39, 0.29) is 46.5 Å². The minimum atomic E-state index is -0.557. The molecule has 2 aromatic carbocycles. The zero-order valence-corrected chi connectivity index (χ0v) is 20.1. The molecule has 3 aromatic rings. The number of carbonyl (C=O) groups is 1. The summed E-state index contributed by atoms with van der Waals surface area (Å²) in [5, 5.41) is 21.8. The van der Waals surface area contributed by atoms with Gasteiger partial charge in [0.25, 0.3) is 0 Å². The van der Waals surface area contributed by atoms with E-state index < -0.39 is 17.5 Å². The van der Waals surface area contributed by atoms with E-state index in [9.17, 15) is 19.8 Å². The normalized spacial score (nSPS) is 19.0. The van der Waals surface area contributed by atoms with Gasteiger partial charge in [-0.05, 0) is 38.1 Å². The number of halogens is 1. The van der Waals surface area contributed by atoms with Crippen LogP contribution in [-0.2, 0) is 9.53 Å². The second-order valence-corrected chi connectivity index (χ2v) is 9.68. The van der Waals surface area contributed by atoms with E-state index in [4.69, 9.17) is 20.8 Å². The molecule has 180 valence electrons. The lowest BCUT2D eigenvalue weighted by Gasteiger charge is -2.37. The molecule has 0 radical (unpaired) electrons. The molecule has 4 rings (SSSR count). The van der Waals surface area contributed by atoms with Gasteiger partial charge in [-0.2, -0.15) is 0 Å². The molecule has 1 aliphatic heterocycles. The first kappa shape index (κ1) is 24.1. The summed E-state index contributed by atoms with van der Waals surface area (Å²) in [6.45, 7) is 5.04. The molecule has 0 spiro atoms. The number of likely N-dealkylation sites (N-methyl/N-ethyl adjacent to an activating group) is 1. The summed E-state index contributed by atoms with van der Waals surface area (Å²) >= 11 is 6.33. The number of hydrogen-bond acceptors (Lipinski definition) is 7. The molecule has 1 aliphatic rings. The van der Waals surface area contributed by atoms with Crippen LogP contribution in [-0.4, -0.2) is 47.3 Å². The van der Waals surface area contributed by atoms with Gasteiger partial charge < -0.3 is 24.3 Å². The first-order valence-electron chi connectivity index (χ1n) is 11.3. The highest BCUT2D eigenvalue weighted by atomic mass is 35.5. The maximum atomic E-state index is 13.0. The van der Waals surface area contributed by atoms with Crippen LogP contribution in [0.15, 0.2) is 45.6 Å². The number of phenols is 2. The second-order valence-electron chi connectivity index (χ2n) is 9.27. The molecule has 2 atom stereocenters. The van der Waals surface area contributed by atoms with Crippen molar-refractivity contribution >= 4 is 28.5 Å². The number of hydrogen-bond donors (Lipinski definition) is 2. The number of phenolic OH excluding ortho intramolecular Hbond substituents is 2. The summed E-state index contributed by atoms with van der Waals surface area (Å²) in [5.41, 5.74) is 0.463. The molecule has 1 fully saturated rings. The van der Waals surface area contributed by atoms with Gasteiger partial charge >= 0.3 is 5.97 Å². The molecule has 0 aliphatic carbocycles. The average molecular weight is 486 g/mol. The SMILES string of the molecule is CC(C)CC(=O)O[C@@H]1CN(C)CC[C@@H]1c1c(O)cc(O)c2c(=O)cc(-c3ccccc3Cl)oc12. The number of esters is 1. The molecule has 8 heteroatoms. The summed E-state index contributed by atoms with van der Waals surface area (Å²) in [6, 6.07) is 9.37. The average Bonchev–Trinajstić information content (AvgIpc) is 2.74. The van der Waals surface area contributed by atoms with Crippen LogP contribution in [0.1, 0.15) is 38.2 Å². The van der Waals surface area contributed by atoms with Crippen LogP contribution in [0.3, 0.4) is 0 Å². The van der Waals surface area contributed by atoms with E-state index in [1.807, 2.05) is 20.9 Å². The van der Waals surface area contributed by atoms with Crippen molar-refractivity contribution in [2.24, 2.45) is 5.92 Å². The zero-order valence-electron chi connectivity index (χ0n) is 19.4. The van der Waals surface area contributed by atoms with Crippen molar-refractivity contribution in [2.45, 2.75) is 38.7 Å². The molecule has 0 bridgehead atoms. The van der Waals surface area contributed by atoms with Gasteiger partial charge in [0.05, 0.1) is 5.02 Å². The van der Waals surface area contributed by atoms with Crippen molar-refractivity contribution < 1.29 is 24.2 Å². The van der Waals surface area contributed by atoms with Gasteiger partial charge in [-0.15, -0.1) is 0 Å². The molecular weight excluding hydrogens is 458 g/mol. The van der Waals surface area contributed by atoms with E-state index in [1.165, 1.54) is 6.07 Å². The summed E-state index contributed by atoms with van der Waals surface area (Å²) in [7, 11) is 1.93. The molecular formula is C26H28ClNO6. The van der Waals surface area contributed by atoms with Gasteiger partial charge in [0, 0.05) is 42.1 Å². The van der Waals surface area contributed by atoms with Gasteiger partial charge in [0.2, 0.25) is 0 Å². The van der Waals surface area contributed by atoms with Crippen molar-refractivity contribution in [1.29, 1.82) is 0 Å². The van der Waals surface area contributed by atoms with Crippen LogP contribution < -0.4 is 5.43 Å². The number of fused-ring (bicyclic) bond motifs is 1. The topological polar surface area (TPSA) is 100 Å². The smallest absolute Gasteiger partial charge is 0.306 e. The van der Waals surface area contributed by atoms with E-state index in [1.54, 1.807) is 24.3 Å². The number of aromatic hydroxyl groups is 2. The highest BCUT2D eigenvalue weighted by Crippen LogP contribution is 2.43. The van der Waals surface area contributed by atoms with Crippen LogP contribution >= 0.6 is 11.6 Å². The fraction of sp³-hybridized carbons (Fsp3) is 0.385. The third-order valence-corrected chi connectivity index (χ3v) is 6.46. The Labute approximate surface area is 202 Å². The predicted octanol–water partition coefficient (Wildman–Crippen LogP) is 4.90. The highest BCUT2D eigenvalue weighted by molar-refractivity contribution is 6.33. The van der Waals surface area contributed by atoms with Crippen LogP contribution in [0.5, 0.6) is 11.5 Å². The van der Waals surface area contributed by atoms with Crippen molar-refractivity contribution in [3.05, 3.63) is 57.2 Å². The fourth-order valence-electron chi connectivity index (χ4n) is 4.54. The van der Waals surface area contributed by atoms with E-state index >= 15 is 0 Å². The molecule has 2 heterocycles. The third-order valence-electron chi connectivity index (χ3n) is 6.13. The van der Waals surface area contributed by atoms with Gasteiger partial charge in [-0.1, -0.05) is 37.6 Å². The Hall–Kier alpha value is -3.03. The Morgan fingerprint density at radius 3 is 2.68 bits per heavy atom. The summed E-state index contributed by atoms with van der Waals surface area (Å²) in [4.78, 5) is 27.6. The van der Waals surface area contributed by atoms with Crippen molar-refractivity contribution in [1.82, 2.24) is 4.90 Å². The van der Waals surface area contributed by atoms with Gasteiger partial charge in [-0.3, -0.25) is 9.59 Å². The maximum absolute atomic E-state index is 13.0. The molecule has 7 nitrogen and oxygen atoms in total. The van der Waals surface area contributed by atoms with E-state index in [2.05, 4.69) is 4.90 Å². The standard InChI is InChI=1S/C26H28ClNO6/c1-14(2)10-23(32)33-22-13-28(3)9-8-16(22)24-18(29)11-19(30)25-20(31)12-21(34-26(24)25)15-6-4-5-7-17(15)27/h4-7,11-12,14,16,22,29-30H,8-10,13H2,1-3H3/t16-,22+/m0/s1. The number of rotatable bonds is 5. The van der Waals surface area contributed by atoms with Crippen LogP contribution in [0.2, 0.25) is 5.02 Å². The molecule has 2 N–H and O–H groups in total. The van der Waals surface area contributed by atoms with E-state index in [0.29, 0.717) is 35.7 Å². The zero-order chi connectivity index (χ0) is 24.6. The van der Waals surface area contributed by atoms with Crippen molar-refractivity contribution in [3.8, 4) is 22.8 Å². The second kappa shape index (κ2) is 9.68. The summed E-state index contributed by atoms with van der Waals surface area (Å²) in [6.07, 6.45) is 0.280. The number of nitrogens with zero attached hydrogens (tertiary/aromatic N) is 1. The number of piperidine rings is 1. The lowest BCUT2D eigenvalue weighted by molar-refractivity contribution is -0.153. The number of benzene rings is 2.